The zero-order chi connectivity index (χ0) is 33.7. The summed E-state index contributed by atoms with van der Waals surface area (Å²) < 4.78 is 8.65. The van der Waals surface area contributed by atoms with Gasteiger partial charge in [-0.25, -0.2) is 0 Å². The number of hydrogen-bond donors (Lipinski definition) is 0. The van der Waals surface area contributed by atoms with Gasteiger partial charge in [0.1, 0.15) is 11.2 Å². The van der Waals surface area contributed by atoms with E-state index in [0.717, 1.165) is 39.3 Å². The molecule has 10 rings (SSSR count). The van der Waals surface area contributed by atoms with Crippen LogP contribution in [0.2, 0.25) is 0 Å². The number of furan rings is 1. The molecular weight excluding hydrogens is 621 g/mol. The van der Waals surface area contributed by atoms with Crippen LogP contribution in [0, 0.1) is 0 Å². The Balaban J connectivity index is 1.01. The molecule has 0 radical (unpaired) electrons. The summed E-state index contributed by atoms with van der Waals surface area (Å²) in [5.74, 6) is 0. The van der Waals surface area contributed by atoms with Gasteiger partial charge in [0.2, 0.25) is 0 Å². The summed E-state index contributed by atoms with van der Waals surface area (Å²) in [5.41, 5.74) is 13.4. The Morgan fingerprint density at radius 1 is 0.333 bits per heavy atom. The van der Waals surface area contributed by atoms with E-state index in [-0.39, 0.29) is 0 Å². The number of rotatable bonds is 6. The highest BCUT2D eigenvalue weighted by Crippen LogP contribution is 2.42. The number of para-hydroxylation sites is 3. The Morgan fingerprint density at radius 3 is 1.51 bits per heavy atom. The fourth-order valence-corrected chi connectivity index (χ4v) is 7.62. The van der Waals surface area contributed by atoms with Crippen LogP contribution in [-0.2, 0) is 0 Å². The van der Waals surface area contributed by atoms with Crippen LogP contribution in [-0.4, -0.2) is 4.57 Å². The molecule has 2 aromatic heterocycles. The smallest absolute Gasteiger partial charge is 0.136 e. The van der Waals surface area contributed by atoms with Gasteiger partial charge in [0.25, 0.3) is 0 Å². The summed E-state index contributed by atoms with van der Waals surface area (Å²) in [6.07, 6.45) is 0. The number of aromatic nitrogens is 1. The van der Waals surface area contributed by atoms with Crippen molar-refractivity contribution in [1.82, 2.24) is 4.57 Å². The van der Waals surface area contributed by atoms with Gasteiger partial charge in [-0.15, -0.1) is 0 Å². The van der Waals surface area contributed by atoms with Crippen molar-refractivity contribution in [2.75, 3.05) is 4.90 Å². The fraction of sp³-hybridized carbons (Fsp3) is 0. The standard InChI is InChI=1S/C48H32N2O/c1-3-11-33(12-4-1)34-19-25-38(26-20-34)49(37-13-5-2-6-14-37)39-27-21-35(22-28-39)36-23-29-40(30-24-36)50-43-17-9-7-15-41(43)47-44(50)31-32-46-48(47)42-16-8-10-18-45(42)51-46/h1-32H. The molecule has 3 nitrogen and oxygen atoms in total. The monoisotopic (exact) mass is 652 g/mol. The Bertz CT molecular complexity index is 2810. The minimum Gasteiger partial charge on any atom is -0.456 e. The van der Waals surface area contributed by atoms with Crippen molar-refractivity contribution in [2.24, 2.45) is 0 Å². The maximum absolute atomic E-state index is 6.27. The first-order valence-corrected chi connectivity index (χ1v) is 17.4. The fourth-order valence-electron chi connectivity index (χ4n) is 7.62. The summed E-state index contributed by atoms with van der Waals surface area (Å²) in [6.45, 7) is 0. The molecule has 0 aliphatic heterocycles. The van der Waals surface area contributed by atoms with Gasteiger partial charge >= 0.3 is 0 Å². The van der Waals surface area contributed by atoms with Gasteiger partial charge in [0.05, 0.1) is 11.0 Å². The van der Waals surface area contributed by atoms with Gasteiger partial charge in [-0.2, -0.15) is 0 Å². The number of benzene rings is 8. The van der Waals surface area contributed by atoms with Crippen molar-refractivity contribution in [1.29, 1.82) is 0 Å². The highest BCUT2D eigenvalue weighted by Gasteiger charge is 2.19. The lowest BCUT2D eigenvalue weighted by molar-refractivity contribution is 0.669. The van der Waals surface area contributed by atoms with Crippen LogP contribution in [0.25, 0.3) is 71.7 Å². The predicted molar refractivity (Wildman–Crippen MR) is 214 cm³/mol. The van der Waals surface area contributed by atoms with E-state index >= 15 is 0 Å². The highest BCUT2D eigenvalue weighted by atomic mass is 16.3. The maximum Gasteiger partial charge on any atom is 0.136 e. The summed E-state index contributed by atoms with van der Waals surface area (Å²) in [5, 5.41) is 4.77. The first kappa shape index (κ1) is 29.1. The van der Waals surface area contributed by atoms with Crippen LogP contribution < -0.4 is 4.90 Å². The lowest BCUT2D eigenvalue weighted by atomic mass is 10.0. The molecule has 0 saturated heterocycles. The third kappa shape index (κ3) is 4.90. The van der Waals surface area contributed by atoms with E-state index in [2.05, 4.69) is 191 Å². The molecule has 0 N–H and O–H groups in total. The SMILES string of the molecule is c1ccc(-c2ccc(N(c3ccccc3)c3ccc(-c4ccc(-n5c6ccccc6c6c7c(ccc65)oc5ccccc57)cc4)cc3)cc2)cc1. The largest absolute Gasteiger partial charge is 0.456 e. The van der Waals surface area contributed by atoms with E-state index in [0.29, 0.717) is 0 Å². The molecule has 0 aliphatic rings. The Hall–Kier alpha value is -6.84. The molecule has 51 heavy (non-hydrogen) atoms. The molecule has 0 spiro atoms. The summed E-state index contributed by atoms with van der Waals surface area (Å²) in [6, 6.07) is 69.0. The highest BCUT2D eigenvalue weighted by molar-refractivity contribution is 6.27. The Kier molecular flexibility index (Phi) is 6.81. The topological polar surface area (TPSA) is 21.3 Å². The predicted octanol–water partition coefficient (Wildman–Crippen LogP) is 13.5. The zero-order valence-corrected chi connectivity index (χ0v) is 27.8. The molecule has 0 fully saturated rings. The van der Waals surface area contributed by atoms with Gasteiger partial charge in [-0.3, -0.25) is 0 Å². The Labute approximate surface area is 295 Å². The van der Waals surface area contributed by atoms with E-state index in [1.165, 1.54) is 49.4 Å². The third-order valence-electron chi connectivity index (χ3n) is 10.0. The van der Waals surface area contributed by atoms with E-state index < -0.39 is 0 Å². The van der Waals surface area contributed by atoms with Crippen molar-refractivity contribution in [3.63, 3.8) is 0 Å². The van der Waals surface area contributed by atoms with Gasteiger partial charge in [-0.05, 0) is 95.1 Å². The molecule has 0 saturated carbocycles. The van der Waals surface area contributed by atoms with Crippen LogP contribution in [0.4, 0.5) is 17.1 Å². The molecule has 2 heterocycles. The van der Waals surface area contributed by atoms with Crippen molar-refractivity contribution in [3.8, 4) is 27.9 Å². The first-order chi connectivity index (χ1) is 25.3. The van der Waals surface area contributed by atoms with Crippen molar-refractivity contribution in [3.05, 3.63) is 194 Å². The lowest BCUT2D eigenvalue weighted by Crippen LogP contribution is -2.09. The van der Waals surface area contributed by atoms with Crippen molar-refractivity contribution >= 4 is 60.8 Å². The first-order valence-electron chi connectivity index (χ1n) is 17.4. The molecule has 0 unspecified atom stereocenters. The van der Waals surface area contributed by atoms with Crippen LogP contribution in [0.5, 0.6) is 0 Å². The normalized spacial score (nSPS) is 11.5. The lowest BCUT2D eigenvalue weighted by Gasteiger charge is -2.26. The quantitative estimate of drug-likeness (QED) is 0.178. The van der Waals surface area contributed by atoms with E-state index in [1.807, 2.05) is 12.1 Å². The van der Waals surface area contributed by atoms with E-state index in [4.69, 9.17) is 4.42 Å². The van der Waals surface area contributed by atoms with Crippen LogP contribution >= 0.6 is 0 Å². The molecule has 8 aromatic carbocycles. The zero-order valence-electron chi connectivity index (χ0n) is 27.8. The molecule has 3 heteroatoms. The van der Waals surface area contributed by atoms with Crippen molar-refractivity contribution < 1.29 is 4.42 Å². The minimum absolute atomic E-state index is 0.917. The second kappa shape index (κ2) is 11.9. The average Bonchev–Trinajstić information content (AvgIpc) is 3.75. The Morgan fingerprint density at radius 2 is 0.843 bits per heavy atom. The molecule has 240 valence electrons. The summed E-state index contributed by atoms with van der Waals surface area (Å²) in [7, 11) is 0. The molecule has 0 bridgehead atoms. The molecule has 0 aliphatic carbocycles. The number of anilines is 3. The summed E-state index contributed by atoms with van der Waals surface area (Å²) in [4.78, 5) is 2.31. The van der Waals surface area contributed by atoms with Gasteiger partial charge in [0, 0.05) is 44.3 Å². The number of hydrogen-bond acceptors (Lipinski definition) is 2. The summed E-state index contributed by atoms with van der Waals surface area (Å²) >= 11 is 0. The van der Waals surface area contributed by atoms with E-state index in [9.17, 15) is 0 Å². The van der Waals surface area contributed by atoms with Gasteiger partial charge in [-0.1, -0.05) is 121 Å². The maximum atomic E-state index is 6.27. The van der Waals surface area contributed by atoms with Gasteiger partial charge < -0.3 is 13.9 Å². The average molecular weight is 653 g/mol. The molecule has 10 aromatic rings. The molecule has 0 amide bonds. The second-order valence-electron chi connectivity index (χ2n) is 13.0. The third-order valence-corrected chi connectivity index (χ3v) is 10.0. The van der Waals surface area contributed by atoms with Gasteiger partial charge in [0.15, 0.2) is 0 Å². The molecular formula is C48H32N2O. The second-order valence-corrected chi connectivity index (χ2v) is 13.0. The number of fused-ring (bicyclic) bond motifs is 7. The molecule has 0 atom stereocenters. The number of nitrogens with zero attached hydrogens (tertiary/aromatic N) is 2. The minimum atomic E-state index is 0.917. The van der Waals surface area contributed by atoms with Crippen molar-refractivity contribution in [2.45, 2.75) is 0 Å². The van der Waals surface area contributed by atoms with Crippen LogP contribution in [0.15, 0.2) is 199 Å². The van der Waals surface area contributed by atoms with Crippen LogP contribution in [0.3, 0.4) is 0 Å². The van der Waals surface area contributed by atoms with Crippen LogP contribution in [0.1, 0.15) is 0 Å². The van der Waals surface area contributed by atoms with E-state index in [1.54, 1.807) is 0 Å².